The third-order valence-electron chi connectivity index (χ3n) is 6.06. The van der Waals surface area contributed by atoms with E-state index < -0.39 is 11.8 Å². The Morgan fingerprint density at radius 2 is 1.97 bits per heavy atom. The lowest BCUT2D eigenvalue weighted by molar-refractivity contribution is -0.113. The van der Waals surface area contributed by atoms with Crippen LogP contribution in [-0.4, -0.2) is 10.9 Å². The molecule has 1 atom stereocenters. The van der Waals surface area contributed by atoms with E-state index in [-0.39, 0.29) is 22.2 Å². The molecule has 2 heterocycles. The standard InChI is InChI=1S/C27H25ClN4O2/c1-5-17-7-9-22-18(11-17)12-19(25(28)31-22)24-20(13-29)26(30)34-16(4)23(24)27(33)32-21-8-6-14(2)10-15(21)3/h6-12,24H,5,30H2,1-4H3,(H,32,33). The Kier molecular flexibility index (Phi) is 6.32. The van der Waals surface area contributed by atoms with Crippen molar-refractivity contribution >= 4 is 34.1 Å². The van der Waals surface area contributed by atoms with Crippen LogP contribution in [0.15, 0.2) is 65.3 Å². The summed E-state index contributed by atoms with van der Waals surface area (Å²) >= 11 is 6.62. The highest BCUT2D eigenvalue weighted by Gasteiger charge is 2.37. The first kappa shape index (κ1) is 23.3. The van der Waals surface area contributed by atoms with E-state index in [2.05, 4.69) is 23.3 Å². The molecule has 1 aliphatic heterocycles. The average Bonchev–Trinajstić information content (AvgIpc) is 2.79. The molecule has 0 aliphatic carbocycles. The van der Waals surface area contributed by atoms with Gasteiger partial charge in [0.2, 0.25) is 5.88 Å². The van der Waals surface area contributed by atoms with Crippen LogP contribution >= 0.6 is 11.6 Å². The molecule has 7 heteroatoms. The minimum absolute atomic E-state index is 0.0495. The molecule has 0 saturated carbocycles. The predicted octanol–water partition coefficient (Wildman–Crippen LogP) is 5.79. The number of pyridine rings is 1. The van der Waals surface area contributed by atoms with Gasteiger partial charge in [-0.05, 0) is 62.6 Å². The van der Waals surface area contributed by atoms with Gasteiger partial charge in [-0.2, -0.15) is 5.26 Å². The number of anilines is 1. The summed E-state index contributed by atoms with van der Waals surface area (Å²) < 4.78 is 5.62. The van der Waals surface area contributed by atoms with Gasteiger partial charge in [-0.3, -0.25) is 4.79 Å². The molecule has 0 saturated heterocycles. The van der Waals surface area contributed by atoms with Gasteiger partial charge in [0.25, 0.3) is 5.91 Å². The normalized spacial score (nSPS) is 15.8. The highest BCUT2D eigenvalue weighted by Crippen LogP contribution is 2.42. The molecule has 2 aromatic carbocycles. The first-order valence-electron chi connectivity index (χ1n) is 11.0. The number of amides is 1. The Labute approximate surface area is 203 Å². The molecule has 0 bridgehead atoms. The molecule has 0 spiro atoms. The zero-order valence-corrected chi connectivity index (χ0v) is 20.2. The lowest BCUT2D eigenvalue weighted by Crippen LogP contribution is -2.28. The van der Waals surface area contributed by atoms with E-state index in [1.807, 2.05) is 56.3 Å². The monoisotopic (exact) mass is 472 g/mol. The zero-order chi connectivity index (χ0) is 24.6. The molecule has 1 amide bonds. The number of nitrogens with two attached hydrogens (primary N) is 1. The van der Waals surface area contributed by atoms with Crippen LogP contribution in [0.3, 0.4) is 0 Å². The average molecular weight is 473 g/mol. The number of aryl methyl sites for hydroxylation is 3. The molecule has 0 fully saturated rings. The molecule has 3 N–H and O–H groups in total. The fourth-order valence-electron chi connectivity index (χ4n) is 4.27. The maximum absolute atomic E-state index is 13.6. The molecule has 34 heavy (non-hydrogen) atoms. The van der Waals surface area contributed by atoms with Crippen LogP contribution in [0, 0.1) is 25.2 Å². The number of carbonyl (C=O) groups is 1. The summed E-state index contributed by atoms with van der Waals surface area (Å²) in [5.74, 6) is -0.957. The number of halogens is 1. The number of hydrogen-bond acceptors (Lipinski definition) is 5. The molecule has 172 valence electrons. The smallest absolute Gasteiger partial charge is 0.256 e. The Morgan fingerprint density at radius 1 is 1.21 bits per heavy atom. The number of fused-ring (bicyclic) bond motifs is 1. The van der Waals surface area contributed by atoms with Gasteiger partial charge in [0.1, 0.15) is 22.6 Å². The molecule has 1 aromatic heterocycles. The fourth-order valence-corrected chi connectivity index (χ4v) is 4.53. The van der Waals surface area contributed by atoms with Crippen molar-refractivity contribution < 1.29 is 9.53 Å². The second kappa shape index (κ2) is 9.20. The van der Waals surface area contributed by atoms with Gasteiger partial charge >= 0.3 is 0 Å². The minimum atomic E-state index is -0.820. The van der Waals surface area contributed by atoms with E-state index in [9.17, 15) is 10.1 Å². The minimum Gasteiger partial charge on any atom is -0.445 e. The first-order valence-corrected chi connectivity index (χ1v) is 11.4. The molecular weight excluding hydrogens is 448 g/mol. The number of nitrogens with zero attached hydrogens (tertiary/aromatic N) is 2. The van der Waals surface area contributed by atoms with E-state index in [1.54, 1.807) is 6.92 Å². The van der Waals surface area contributed by atoms with Gasteiger partial charge in [0.15, 0.2) is 0 Å². The van der Waals surface area contributed by atoms with Crippen molar-refractivity contribution in [3.8, 4) is 6.07 Å². The summed E-state index contributed by atoms with van der Waals surface area (Å²) in [5, 5.41) is 14.0. The van der Waals surface area contributed by atoms with Gasteiger partial charge in [-0.1, -0.05) is 42.3 Å². The lowest BCUT2D eigenvalue weighted by Gasteiger charge is -2.28. The largest absolute Gasteiger partial charge is 0.445 e. The topological polar surface area (TPSA) is 101 Å². The number of aromatic nitrogens is 1. The van der Waals surface area contributed by atoms with Crippen LogP contribution in [0.5, 0.6) is 0 Å². The number of nitrogens with one attached hydrogen (secondary N) is 1. The van der Waals surface area contributed by atoms with E-state index >= 15 is 0 Å². The summed E-state index contributed by atoms with van der Waals surface area (Å²) in [4.78, 5) is 18.1. The lowest BCUT2D eigenvalue weighted by atomic mass is 9.82. The van der Waals surface area contributed by atoms with Gasteiger partial charge < -0.3 is 15.8 Å². The summed E-state index contributed by atoms with van der Waals surface area (Å²) in [6, 6.07) is 15.7. The highest BCUT2D eigenvalue weighted by atomic mass is 35.5. The summed E-state index contributed by atoms with van der Waals surface area (Å²) in [6.07, 6.45) is 0.865. The number of ether oxygens (including phenoxy) is 1. The number of allylic oxidation sites excluding steroid dienone is 2. The van der Waals surface area contributed by atoms with Crippen LogP contribution in [-0.2, 0) is 16.0 Å². The SMILES string of the molecule is CCc1ccc2nc(Cl)c(C3C(C#N)=C(N)OC(C)=C3C(=O)Nc3ccc(C)cc3C)cc2c1. The Balaban J connectivity index is 1.86. The number of carbonyl (C=O) groups excluding carboxylic acids is 1. The third-order valence-corrected chi connectivity index (χ3v) is 6.36. The number of nitriles is 1. The molecule has 1 unspecified atom stereocenters. The van der Waals surface area contributed by atoms with E-state index in [0.29, 0.717) is 17.0 Å². The maximum Gasteiger partial charge on any atom is 0.256 e. The number of hydrogen-bond donors (Lipinski definition) is 2. The van der Waals surface area contributed by atoms with Gasteiger partial charge in [0, 0.05) is 16.6 Å². The molecule has 0 radical (unpaired) electrons. The van der Waals surface area contributed by atoms with Gasteiger partial charge in [-0.15, -0.1) is 0 Å². The van der Waals surface area contributed by atoms with Crippen LogP contribution in [0.4, 0.5) is 5.69 Å². The van der Waals surface area contributed by atoms with E-state index in [1.165, 1.54) is 0 Å². The van der Waals surface area contributed by atoms with Gasteiger partial charge in [0.05, 0.1) is 17.0 Å². The molecule has 1 aliphatic rings. The molecular formula is C27H25ClN4O2. The second-order valence-corrected chi connectivity index (χ2v) is 8.77. The first-order chi connectivity index (χ1) is 16.2. The van der Waals surface area contributed by atoms with Crippen LogP contribution in [0.25, 0.3) is 10.9 Å². The molecule has 3 aromatic rings. The van der Waals surface area contributed by atoms with Crippen molar-refractivity contribution in [2.24, 2.45) is 5.73 Å². The predicted molar refractivity (Wildman–Crippen MR) is 134 cm³/mol. The van der Waals surface area contributed by atoms with Crippen LogP contribution < -0.4 is 11.1 Å². The van der Waals surface area contributed by atoms with Crippen molar-refractivity contribution in [1.29, 1.82) is 5.26 Å². The Hall–Kier alpha value is -3.82. The quantitative estimate of drug-likeness (QED) is 0.468. The Bertz CT molecular complexity index is 1430. The highest BCUT2D eigenvalue weighted by molar-refractivity contribution is 6.31. The van der Waals surface area contributed by atoms with Crippen LogP contribution in [0.2, 0.25) is 5.15 Å². The van der Waals surface area contributed by atoms with Crippen LogP contribution in [0.1, 0.15) is 42.0 Å². The summed E-state index contributed by atoms with van der Waals surface area (Å²) in [6.45, 7) is 7.64. The van der Waals surface area contributed by atoms with Crippen molar-refractivity contribution in [3.63, 3.8) is 0 Å². The Morgan fingerprint density at radius 3 is 2.65 bits per heavy atom. The van der Waals surface area contributed by atoms with Crippen molar-refractivity contribution in [2.45, 2.75) is 40.0 Å². The van der Waals surface area contributed by atoms with E-state index in [4.69, 9.17) is 22.1 Å². The zero-order valence-electron chi connectivity index (χ0n) is 19.5. The number of rotatable bonds is 4. The number of benzene rings is 2. The maximum atomic E-state index is 13.6. The summed E-state index contributed by atoms with van der Waals surface area (Å²) in [7, 11) is 0. The fraction of sp³-hybridized carbons (Fsp3) is 0.222. The molecule has 4 rings (SSSR count). The summed E-state index contributed by atoms with van der Waals surface area (Å²) in [5.41, 5.74) is 11.5. The van der Waals surface area contributed by atoms with E-state index in [0.717, 1.165) is 34.0 Å². The van der Waals surface area contributed by atoms with Crippen molar-refractivity contribution in [3.05, 3.63) is 92.7 Å². The molecule has 6 nitrogen and oxygen atoms in total. The third kappa shape index (κ3) is 4.23. The second-order valence-electron chi connectivity index (χ2n) is 8.42. The van der Waals surface area contributed by atoms with Gasteiger partial charge in [-0.25, -0.2) is 4.98 Å². The van der Waals surface area contributed by atoms with Crippen molar-refractivity contribution in [1.82, 2.24) is 4.98 Å². The van der Waals surface area contributed by atoms with Crippen molar-refractivity contribution in [2.75, 3.05) is 5.32 Å².